The van der Waals surface area contributed by atoms with Crippen LogP contribution in [0.1, 0.15) is 71.3 Å². The Bertz CT molecular complexity index is 2680. The van der Waals surface area contributed by atoms with Crippen LogP contribution in [0.5, 0.6) is 23.0 Å². The minimum atomic E-state index is -2.06. The van der Waals surface area contributed by atoms with Crippen molar-refractivity contribution in [2.24, 2.45) is 29.6 Å². The van der Waals surface area contributed by atoms with E-state index < -0.39 is 58.9 Å². The Morgan fingerprint density at radius 2 is 1.70 bits per heavy atom. The number of allylic oxidation sites excluding steroid dienone is 2. The van der Waals surface area contributed by atoms with Gasteiger partial charge in [0.1, 0.15) is 52.6 Å². The zero-order valence-electron chi connectivity index (χ0n) is 39.6. The molecule has 0 unspecified atom stereocenters. The number of phenolic OH excluding ortho intramolecular Hbond substituents is 2. The number of aromatic hydroxyl groups is 2. The summed E-state index contributed by atoms with van der Waals surface area (Å²) in [5.74, 6) is -6.52. The van der Waals surface area contributed by atoms with Crippen molar-refractivity contribution in [3.05, 3.63) is 69.6 Å². The average molecular weight is 928 g/mol. The molecule has 360 valence electrons. The molecular formula is C50H61N3O14. The number of benzene rings is 3. The number of rotatable bonds is 6. The Kier molecular flexibility index (Phi) is 14.4. The van der Waals surface area contributed by atoms with Crippen molar-refractivity contribution in [2.75, 3.05) is 51.9 Å². The van der Waals surface area contributed by atoms with Gasteiger partial charge >= 0.3 is 11.8 Å². The van der Waals surface area contributed by atoms with Crippen molar-refractivity contribution in [1.82, 2.24) is 9.88 Å². The summed E-state index contributed by atoms with van der Waals surface area (Å²) >= 11 is 0. The molecule has 17 nitrogen and oxygen atoms in total. The number of carbonyl (C=O) groups excluding carboxylic acids is 3. The number of amides is 1. The maximum Gasteiger partial charge on any atom is 0.312 e. The molecule has 4 aliphatic heterocycles. The zero-order chi connectivity index (χ0) is 48.6. The largest absolute Gasteiger partial charge is 0.507 e. The number of esters is 1. The van der Waals surface area contributed by atoms with Crippen LogP contribution in [0.25, 0.3) is 33.3 Å². The summed E-state index contributed by atoms with van der Waals surface area (Å²) in [6, 6.07) is 2.87. The van der Waals surface area contributed by atoms with Crippen LogP contribution in [-0.2, 0) is 28.5 Å². The van der Waals surface area contributed by atoms with E-state index in [1.54, 1.807) is 18.2 Å². The lowest BCUT2D eigenvalue weighted by atomic mass is 9.73. The number of hydrogen-bond donors (Lipinski definition) is 4. The third-order valence-electron chi connectivity index (χ3n) is 13.8. The number of aliphatic hydroxyl groups excluding tert-OH is 1. The van der Waals surface area contributed by atoms with Crippen LogP contribution in [-0.4, -0.2) is 114 Å². The van der Waals surface area contributed by atoms with E-state index in [1.165, 1.54) is 59.3 Å². The van der Waals surface area contributed by atoms with E-state index in [-0.39, 0.29) is 103 Å². The molecule has 1 amide bonds. The molecule has 7 rings (SSSR count). The van der Waals surface area contributed by atoms with Gasteiger partial charge in [-0.15, -0.1) is 0 Å². The molecule has 2 aromatic rings. The number of methoxy groups -OCH3 is 1. The third-order valence-corrected chi connectivity index (χ3v) is 13.8. The Hall–Kier alpha value is -6.01. The van der Waals surface area contributed by atoms with Crippen LogP contribution < -0.4 is 20.2 Å². The maximum absolute atomic E-state index is 14.8. The fourth-order valence-electron chi connectivity index (χ4n) is 9.28. The van der Waals surface area contributed by atoms with Gasteiger partial charge < -0.3 is 53.5 Å². The minimum Gasteiger partial charge on any atom is -0.507 e. The van der Waals surface area contributed by atoms with Crippen molar-refractivity contribution in [1.29, 1.82) is 0 Å². The molecule has 1 aliphatic carbocycles. The molecule has 0 radical (unpaired) electrons. The van der Waals surface area contributed by atoms with E-state index in [2.05, 4.69) is 10.2 Å². The van der Waals surface area contributed by atoms with Crippen LogP contribution in [0.3, 0.4) is 0 Å². The Morgan fingerprint density at radius 3 is 2.39 bits per heavy atom. The van der Waals surface area contributed by atoms with Crippen molar-refractivity contribution in [2.45, 2.75) is 86.4 Å². The zero-order valence-corrected chi connectivity index (χ0v) is 39.6. The van der Waals surface area contributed by atoms with E-state index in [0.29, 0.717) is 19.8 Å². The summed E-state index contributed by atoms with van der Waals surface area (Å²) in [4.78, 5) is 63.1. The smallest absolute Gasteiger partial charge is 0.312 e. The molecule has 4 bridgehead atoms. The number of nitrogens with zero attached hydrogens (tertiary/aromatic N) is 2. The van der Waals surface area contributed by atoms with Gasteiger partial charge in [-0.25, -0.2) is 4.98 Å². The number of aromatic nitrogens is 1. The number of anilines is 1. The lowest BCUT2D eigenvalue weighted by Gasteiger charge is -2.39. The normalized spacial score (nSPS) is 29.6. The van der Waals surface area contributed by atoms with E-state index in [0.717, 1.165) is 13.1 Å². The predicted octanol–water partition coefficient (Wildman–Crippen LogP) is 6.64. The van der Waals surface area contributed by atoms with Crippen LogP contribution in [0, 0.1) is 36.5 Å². The van der Waals surface area contributed by atoms with Gasteiger partial charge in [-0.1, -0.05) is 52.8 Å². The van der Waals surface area contributed by atoms with Crippen LogP contribution in [0.4, 0.5) is 5.69 Å². The lowest BCUT2D eigenvalue weighted by Crippen LogP contribution is -2.43. The Balaban J connectivity index is 1.40. The maximum atomic E-state index is 14.8. The van der Waals surface area contributed by atoms with E-state index in [1.807, 2.05) is 34.6 Å². The lowest BCUT2D eigenvalue weighted by molar-refractivity contribution is -0.157. The molecule has 1 fully saturated rings. The summed E-state index contributed by atoms with van der Waals surface area (Å²) in [5, 5.41) is 37.0. The van der Waals surface area contributed by atoms with E-state index in [9.17, 15) is 34.5 Å². The summed E-state index contributed by atoms with van der Waals surface area (Å²) in [6.45, 7) is 18.9. The Labute approximate surface area is 388 Å². The molecule has 9 atom stereocenters. The van der Waals surface area contributed by atoms with Gasteiger partial charge in [0.25, 0.3) is 11.7 Å². The highest BCUT2D eigenvalue weighted by molar-refractivity contribution is 6.22. The molecular weight excluding hydrogens is 867 g/mol. The molecule has 4 N–H and O–H groups in total. The number of morpholine rings is 1. The summed E-state index contributed by atoms with van der Waals surface area (Å²) in [6.07, 6.45) is 5.55. The number of phenols is 2. The van der Waals surface area contributed by atoms with Gasteiger partial charge in [-0.05, 0) is 37.7 Å². The second-order valence-electron chi connectivity index (χ2n) is 18.2. The van der Waals surface area contributed by atoms with Crippen LogP contribution in [0.15, 0.2) is 57.5 Å². The second kappa shape index (κ2) is 19.7. The molecule has 2 aromatic carbocycles. The number of aliphatic hydroxyl groups is 1. The highest BCUT2D eigenvalue weighted by Gasteiger charge is 2.50. The Morgan fingerprint density at radius 1 is 0.985 bits per heavy atom. The number of nitrogens with one attached hydrogen (secondary N) is 1. The average Bonchev–Trinajstić information content (AvgIpc) is 3.56. The standard InChI is InChI=1S/C50H61N3O14/c1-24-12-11-13-25(2)49(60)52-41-44(58)37-36(40-47(41)66-35-23-32(22-33(55)39(35)51-40)63-21-17-53-15-19-62-20-16-53)38-46(30(7)43(37)57)67-50(9,48(38)59)64-18-14-34(61-10)29(6)45(65-31(8)54)28(5)26(3)27(4)42(24)56/h11-14,18,22-24,26-29,34,42,45,55-57H,15-17,19-21H2,1-10H3,(H,52,60)/b12-11+,18-14+,25-13-/t24-,26+,27-,28+,29+,34-,42-,45-,50-/m0/s1. The molecule has 67 heavy (non-hydrogen) atoms. The van der Waals surface area contributed by atoms with Crippen molar-refractivity contribution in [3.63, 3.8) is 0 Å². The summed E-state index contributed by atoms with van der Waals surface area (Å²) in [5.41, 5.74) is -1.46. The quantitative estimate of drug-likeness (QED) is 0.0903. The molecule has 17 heteroatoms. The predicted molar refractivity (Wildman–Crippen MR) is 249 cm³/mol. The first-order valence-electron chi connectivity index (χ1n) is 22.7. The number of carbonyl (C=O) groups is 3. The fourth-order valence-corrected chi connectivity index (χ4v) is 9.28. The van der Waals surface area contributed by atoms with Gasteiger partial charge in [-0.3, -0.25) is 24.1 Å². The van der Waals surface area contributed by atoms with Gasteiger partial charge in [0.2, 0.25) is 5.43 Å². The number of ether oxygens (including phenoxy) is 6. The highest BCUT2D eigenvalue weighted by atomic mass is 16.7. The van der Waals surface area contributed by atoms with Crippen molar-refractivity contribution >= 4 is 45.2 Å². The molecule has 1 saturated heterocycles. The van der Waals surface area contributed by atoms with E-state index >= 15 is 0 Å². The second-order valence-corrected chi connectivity index (χ2v) is 18.2. The van der Waals surface area contributed by atoms with Crippen molar-refractivity contribution in [3.8, 4) is 34.5 Å². The molecule has 4 heterocycles. The van der Waals surface area contributed by atoms with Gasteiger partial charge in [0, 0.05) is 81.1 Å². The monoisotopic (exact) mass is 927 g/mol. The number of Topliss-reactive ketones (excluding diaryl/α,β-unsaturated/α-hetero) is 1. The van der Waals surface area contributed by atoms with Crippen LogP contribution in [0.2, 0.25) is 0 Å². The third kappa shape index (κ3) is 9.47. The van der Waals surface area contributed by atoms with E-state index in [4.69, 9.17) is 37.8 Å². The topological polar surface area (TPSA) is 226 Å². The minimum absolute atomic E-state index is 0.0105. The molecule has 5 aliphatic rings. The van der Waals surface area contributed by atoms with Gasteiger partial charge in [-0.2, -0.15) is 0 Å². The first-order chi connectivity index (χ1) is 31.8. The number of ketones is 1. The first kappa shape index (κ1) is 48.9. The number of fused-ring (bicyclic) bond motifs is 2. The van der Waals surface area contributed by atoms with Gasteiger partial charge in [0.05, 0.1) is 42.6 Å². The van der Waals surface area contributed by atoms with Gasteiger partial charge in [0.15, 0.2) is 11.3 Å². The molecule has 0 spiro atoms. The molecule has 0 aromatic heterocycles. The summed E-state index contributed by atoms with van der Waals surface area (Å²) in [7, 11) is 1.49. The van der Waals surface area contributed by atoms with Crippen LogP contribution >= 0.6 is 0 Å². The first-order valence-corrected chi connectivity index (χ1v) is 22.7. The fraction of sp³-hybridized carbons (Fsp3) is 0.500. The number of hydrogen-bond acceptors (Lipinski definition) is 16. The SMILES string of the molecule is CO[C@H]1/C=C/O[C@@]2(C)Oc3c(C)c(O)c4c(=O)c(c5oc6cc(OCCN7CCOCC7)cc(O)c6nc-5c4c3C2=O)NC(=O)/C(C)=C\C=C\[C@H](C)[C@H](O)[C@@H](C)[C@@H](C)[C@@H](C)[C@H](OC(C)=O)[C@@H]1C. The molecule has 0 saturated carbocycles. The van der Waals surface area contributed by atoms with Crippen molar-refractivity contribution < 1.29 is 62.5 Å². The summed E-state index contributed by atoms with van der Waals surface area (Å²) < 4.78 is 42.0. The highest BCUT2D eigenvalue weighted by Crippen LogP contribution is 2.51.